The quantitative estimate of drug-likeness (QED) is 0.737. The molecule has 0 spiro atoms. The Bertz CT molecular complexity index is 870. The highest BCUT2D eigenvalue weighted by Gasteiger charge is 2.30. The van der Waals surface area contributed by atoms with Crippen molar-refractivity contribution in [2.24, 2.45) is 0 Å². The van der Waals surface area contributed by atoms with Crippen LogP contribution < -0.4 is 10.6 Å². The molecule has 3 aromatic rings. The van der Waals surface area contributed by atoms with Crippen molar-refractivity contribution in [3.05, 3.63) is 69.5 Å². The second-order valence-corrected chi connectivity index (χ2v) is 7.11. The maximum atomic E-state index is 12.8. The van der Waals surface area contributed by atoms with E-state index in [2.05, 4.69) is 27.9 Å². The predicted molar refractivity (Wildman–Crippen MR) is 99.9 cm³/mol. The normalized spacial score (nSPS) is 15.6. The fourth-order valence-corrected chi connectivity index (χ4v) is 3.85. The van der Waals surface area contributed by atoms with Crippen LogP contribution >= 0.6 is 11.3 Å². The molecule has 2 aromatic heterocycles. The van der Waals surface area contributed by atoms with Gasteiger partial charge in [-0.2, -0.15) is 5.10 Å². The van der Waals surface area contributed by atoms with Crippen LogP contribution in [0.25, 0.3) is 0 Å². The summed E-state index contributed by atoms with van der Waals surface area (Å²) in [5.41, 5.74) is 2.73. The molecular formula is C19H20N4OS. The van der Waals surface area contributed by atoms with E-state index in [0.717, 1.165) is 29.4 Å². The lowest BCUT2D eigenvalue weighted by Gasteiger charge is -2.12. The maximum Gasteiger partial charge on any atom is 0.257 e. The molecule has 0 saturated heterocycles. The summed E-state index contributed by atoms with van der Waals surface area (Å²) in [6.45, 7) is 3.32. The smallest absolute Gasteiger partial charge is 0.257 e. The number of rotatable bonds is 5. The van der Waals surface area contributed by atoms with Gasteiger partial charge in [-0.05, 0) is 23.4 Å². The summed E-state index contributed by atoms with van der Waals surface area (Å²) in [5, 5.41) is 13.2. The molecule has 1 atom stereocenters. The van der Waals surface area contributed by atoms with Crippen molar-refractivity contribution < 1.29 is 4.79 Å². The number of anilines is 1. The molecule has 2 N–H and O–H groups in total. The van der Waals surface area contributed by atoms with Gasteiger partial charge in [0.1, 0.15) is 11.4 Å². The Hall–Kier alpha value is -2.60. The summed E-state index contributed by atoms with van der Waals surface area (Å²) in [5.74, 6) is 0.766. The summed E-state index contributed by atoms with van der Waals surface area (Å²) >= 11 is 1.64. The van der Waals surface area contributed by atoms with Crippen LogP contribution in [0.3, 0.4) is 0 Å². The van der Waals surface area contributed by atoms with Gasteiger partial charge in [0.2, 0.25) is 0 Å². The number of hydrogen-bond acceptors (Lipinski definition) is 4. The molecule has 1 aromatic carbocycles. The fourth-order valence-electron chi connectivity index (χ4n) is 3.20. The van der Waals surface area contributed by atoms with Gasteiger partial charge in [0.15, 0.2) is 0 Å². The van der Waals surface area contributed by atoms with E-state index in [0.29, 0.717) is 12.1 Å². The van der Waals surface area contributed by atoms with Gasteiger partial charge in [-0.3, -0.25) is 4.79 Å². The van der Waals surface area contributed by atoms with Gasteiger partial charge in [-0.15, -0.1) is 11.3 Å². The summed E-state index contributed by atoms with van der Waals surface area (Å²) in [7, 11) is 0. The number of nitrogens with zero attached hydrogens (tertiary/aromatic N) is 2. The Kier molecular flexibility index (Phi) is 4.28. The van der Waals surface area contributed by atoms with Crippen LogP contribution in [0.2, 0.25) is 0 Å². The molecule has 6 heteroatoms. The molecule has 1 aliphatic rings. The standard InChI is InChI=1S/C19H20N4OS/c1-2-15-17(19(24)20-11-14-9-6-10-25-14)18-21-16(12-23(18)22-15)13-7-4-3-5-8-13/h3-10,16,21H,2,11-12H2,1H3,(H,20,24). The third-order valence-electron chi connectivity index (χ3n) is 4.46. The summed E-state index contributed by atoms with van der Waals surface area (Å²) in [4.78, 5) is 13.9. The van der Waals surface area contributed by atoms with Crippen molar-refractivity contribution >= 4 is 23.1 Å². The number of nitrogens with one attached hydrogen (secondary N) is 2. The van der Waals surface area contributed by atoms with E-state index in [1.807, 2.05) is 47.3 Å². The Morgan fingerprint density at radius 1 is 1.32 bits per heavy atom. The molecule has 128 valence electrons. The molecule has 4 rings (SSSR count). The summed E-state index contributed by atoms with van der Waals surface area (Å²) in [6, 6.07) is 14.4. The summed E-state index contributed by atoms with van der Waals surface area (Å²) < 4.78 is 1.93. The number of hydrogen-bond donors (Lipinski definition) is 2. The van der Waals surface area contributed by atoms with Crippen molar-refractivity contribution in [2.45, 2.75) is 32.5 Å². The van der Waals surface area contributed by atoms with Crippen molar-refractivity contribution in [3.63, 3.8) is 0 Å². The van der Waals surface area contributed by atoms with Gasteiger partial charge >= 0.3 is 0 Å². The van der Waals surface area contributed by atoms with Crippen LogP contribution in [0.5, 0.6) is 0 Å². The molecule has 1 aliphatic heterocycles. The van der Waals surface area contributed by atoms with E-state index in [4.69, 9.17) is 0 Å². The largest absolute Gasteiger partial charge is 0.361 e. The van der Waals surface area contributed by atoms with Crippen molar-refractivity contribution in [1.82, 2.24) is 15.1 Å². The highest BCUT2D eigenvalue weighted by atomic mass is 32.1. The van der Waals surface area contributed by atoms with Gasteiger partial charge in [-0.1, -0.05) is 43.3 Å². The zero-order valence-corrected chi connectivity index (χ0v) is 14.8. The van der Waals surface area contributed by atoms with E-state index in [1.165, 1.54) is 5.56 Å². The fraction of sp³-hybridized carbons (Fsp3) is 0.263. The third kappa shape index (κ3) is 3.05. The third-order valence-corrected chi connectivity index (χ3v) is 5.33. The number of fused-ring (bicyclic) bond motifs is 1. The number of amides is 1. The average molecular weight is 352 g/mol. The molecule has 3 heterocycles. The van der Waals surface area contributed by atoms with Crippen molar-refractivity contribution in [3.8, 4) is 0 Å². The second-order valence-electron chi connectivity index (χ2n) is 6.08. The Morgan fingerprint density at radius 3 is 2.88 bits per heavy atom. The maximum absolute atomic E-state index is 12.8. The average Bonchev–Trinajstić information content (AvgIpc) is 3.35. The minimum Gasteiger partial charge on any atom is -0.361 e. The minimum atomic E-state index is -0.0623. The van der Waals surface area contributed by atoms with Crippen LogP contribution in [0.1, 0.15) is 39.5 Å². The van der Waals surface area contributed by atoms with Crippen molar-refractivity contribution in [1.29, 1.82) is 0 Å². The van der Waals surface area contributed by atoms with Crippen LogP contribution in [-0.2, 0) is 19.5 Å². The Labute approximate surface area is 150 Å². The highest BCUT2D eigenvalue weighted by molar-refractivity contribution is 7.09. The zero-order chi connectivity index (χ0) is 17.2. The van der Waals surface area contributed by atoms with Gasteiger partial charge in [0, 0.05) is 4.88 Å². The van der Waals surface area contributed by atoms with Crippen LogP contribution in [0.15, 0.2) is 47.8 Å². The van der Waals surface area contributed by atoms with E-state index in [-0.39, 0.29) is 11.9 Å². The van der Waals surface area contributed by atoms with E-state index in [1.54, 1.807) is 11.3 Å². The second kappa shape index (κ2) is 6.72. The Morgan fingerprint density at radius 2 is 2.16 bits per heavy atom. The van der Waals surface area contributed by atoms with Gasteiger partial charge in [0.05, 0.1) is 24.8 Å². The van der Waals surface area contributed by atoms with E-state index >= 15 is 0 Å². The van der Waals surface area contributed by atoms with Crippen LogP contribution in [-0.4, -0.2) is 15.7 Å². The molecule has 0 aliphatic carbocycles. The van der Waals surface area contributed by atoms with Crippen LogP contribution in [0.4, 0.5) is 5.82 Å². The first kappa shape index (κ1) is 15.9. The van der Waals surface area contributed by atoms with E-state index < -0.39 is 0 Å². The van der Waals surface area contributed by atoms with Gasteiger partial charge in [-0.25, -0.2) is 4.68 Å². The monoisotopic (exact) mass is 352 g/mol. The van der Waals surface area contributed by atoms with Crippen molar-refractivity contribution in [2.75, 3.05) is 5.32 Å². The molecule has 5 nitrogen and oxygen atoms in total. The molecule has 0 radical (unpaired) electrons. The number of aryl methyl sites for hydroxylation is 1. The number of carbonyl (C=O) groups is 1. The molecule has 25 heavy (non-hydrogen) atoms. The van der Waals surface area contributed by atoms with E-state index in [9.17, 15) is 4.79 Å². The number of benzene rings is 1. The predicted octanol–water partition coefficient (Wildman–Crippen LogP) is 3.60. The summed E-state index contributed by atoms with van der Waals surface area (Å²) in [6.07, 6.45) is 0.736. The first-order chi connectivity index (χ1) is 12.3. The molecule has 1 amide bonds. The lowest BCUT2D eigenvalue weighted by molar-refractivity contribution is 0.0951. The number of thiophene rings is 1. The SMILES string of the molecule is CCc1nn2c(c1C(=O)NCc1cccs1)NC(c1ccccc1)C2. The van der Waals surface area contributed by atoms with Gasteiger partial charge < -0.3 is 10.6 Å². The number of carbonyl (C=O) groups excluding carboxylic acids is 1. The molecule has 0 saturated carbocycles. The number of aromatic nitrogens is 2. The lowest BCUT2D eigenvalue weighted by Crippen LogP contribution is -2.24. The molecule has 0 bridgehead atoms. The molecular weight excluding hydrogens is 332 g/mol. The minimum absolute atomic E-state index is 0.0623. The van der Waals surface area contributed by atoms with Gasteiger partial charge in [0.25, 0.3) is 5.91 Å². The lowest BCUT2D eigenvalue weighted by atomic mass is 10.1. The highest BCUT2D eigenvalue weighted by Crippen LogP contribution is 2.33. The topological polar surface area (TPSA) is 59.0 Å². The molecule has 1 unspecified atom stereocenters. The first-order valence-electron chi connectivity index (χ1n) is 8.48. The Balaban J connectivity index is 1.56. The first-order valence-corrected chi connectivity index (χ1v) is 9.36. The molecule has 0 fully saturated rings. The zero-order valence-electron chi connectivity index (χ0n) is 14.0. The van der Waals surface area contributed by atoms with Crippen LogP contribution in [0, 0.1) is 0 Å².